The summed E-state index contributed by atoms with van der Waals surface area (Å²) in [5.74, 6) is -0.823. The minimum atomic E-state index is -1.00. The summed E-state index contributed by atoms with van der Waals surface area (Å²) in [5.41, 5.74) is -1.00. The maximum Gasteiger partial charge on any atom is 0.336 e. The van der Waals surface area contributed by atoms with E-state index in [1.165, 1.54) is 71.3 Å². The molecule has 0 heterocycles. The Labute approximate surface area is 144 Å². The third-order valence-corrected chi connectivity index (χ3v) is 5.06. The van der Waals surface area contributed by atoms with Crippen molar-refractivity contribution in [2.24, 2.45) is 5.92 Å². The number of hydrogen-bond acceptors (Lipinski definition) is 2. The summed E-state index contributed by atoms with van der Waals surface area (Å²) in [6.45, 7) is 6.12. The third-order valence-electron chi connectivity index (χ3n) is 5.06. The number of ether oxygens (including phenoxy) is 1. The van der Waals surface area contributed by atoms with Crippen LogP contribution in [0.4, 0.5) is 0 Å². The summed E-state index contributed by atoms with van der Waals surface area (Å²) in [7, 11) is 1.52. The van der Waals surface area contributed by atoms with Crippen LogP contribution in [0.15, 0.2) is 0 Å². The van der Waals surface area contributed by atoms with Crippen LogP contribution in [0.2, 0.25) is 0 Å². The Hall–Kier alpha value is -0.570. The number of carboxylic acid groups (broad SMARTS) is 1. The lowest BCUT2D eigenvalue weighted by Gasteiger charge is -2.31. The fourth-order valence-corrected chi connectivity index (χ4v) is 3.30. The molecule has 0 saturated carbocycles. The zero-order valence-electron chi connectivity index (χ0n) is 16.0. The Bertz CT molecular complexity index is 289. The van der Waals surface area contributed by atoms with Gasteiger partial charge in [0, 0.05) is 7.11 Å². The molecule has 0 aromatic carbocycles. The monoisotopic (exact) mass is 328 g/mol. The van der Waals surface area contributed by atoms with Crippen molar-refractivity contribution in [3.8, 4) is 0 Å². The first-order valence-corrected chi connectivity index (χ1v) is 9.79. The van der Waals surface area contributed by atoms with E-state index >= 15 is 0 Å². The molecule has 0 amide bonds. The summed E-state index contributed by atoms with van der Waals surface area (Å²) in [4.78, 5) is 11.5. The van der Waals surface area contributed by atoms with Crippen LogP contribution in [0.1, 0.15) is 104 Å². The van der Waals surface area contributed by atoms with Crippen LogP contribution >= 0.6 is 0 Å². The molecule has 0 aromatic heterocycles. The second-order valence-corrected chi connectivity index (χ2v) is 7.19. The molecule has 1 N–H and O–H groups in total. The van der Waals surface area contributed by atoms with Crippen LogP contribution in [0.5, 0.6) is 0 Å². The van der Waals surface area contributed by atoms with Crippen molar-refractivity contribution in [1.82, 2.24) is 0 Å². The molecule has 1 unspecified atom stereocenters. The van der Waals surface area contributed by atoms with Crippen molar-refractivity contribution in [1.29, 1.82) is 0 Å². The summed E-state index contributed by atoms with van der Waals surface area (Å²) in [6, 6.07) is 0. The molecule has 23 heavy (non-hydrogen) atoms. The third kappa shape index (κ3) is 9.34. The van der Waals surface area contributed by atoms with Crippen molar-refractivity contribution in [2.45, 2.75) is 110 Å². The Kier molecular flexibility index (Phi) is 13.5. The molecule has 3 heteroatoms. The van der Waals surface area contributed by atoms with Gasteiger partial charge in [0.2, 0.25) is 0 Å². The topological polar surface area (TPSA) is 46.5 Å². The van der Waals surface area contributed by atoms with Crippen molar-refractivity contribution < 1.29 is 14.6 Å². The predicted octanol–water partition coefficient (Wildman–Crippen LogP) is 6.20. The smallest absolute Gasteiger partial charge is 0.336 e. The van der Waals surface area contributed by atoms with Crippen molar-refractivity contribution in [2.75, 3.05) is 7.11 Å². The molecule has 138 valence electrons. The highest BCUT2D eigenvalue weighted by atomic mass is 16.5. The number of aliphatic carboxylic acids is 1. The van der Waals surface area contributed by atoms with E-state index in [4.69, 9.17) is 4.74 Å². The summed E-state index contributed by atoms with van der Waals surface area (Å²) in [6.07, 6.45) is 16.1. The number of hydrogen-bond donors (Lipinski definition) is 1. The van der Waals surface area contributed by atoms with E-state index < -0.39 is 11.6 Å². The first-order valence-electron chi connectivity index (χ1n) is 9.79. The minimum Gasteiger partial charge on any atom is -0.479 e. The minimum absolute atomic E-state index is 0.00212. The van der Waals surface area contributed by atoms with Crippen LogP contribution in [-0.4, -0.2) is 23.8 Å². The van der Waals surface area contributed by atoms with E-state index in [2.05, 4.69) is 6.92 Å². The van der Waals surface area contributed by atoms with E-state index in [9.17, 15) is 9.90 Å². The van der Waals surface area contributed by atoms with Gasteiger partial charge < -0.3 is 9.84 Å². The highest BCUT2D eigenvalue weighted by Gasteiger charge is 2.41. The Morgan fingerprint density at radius 3 is 1.57 bits per heavy atom. The number of rotatable bonds is 16. The maximum absolute atomic E-state index is 11.5. The van der Waals surface area contributed by atoms with Gasteiger partial charge in [0.1, 0.15) is 0 Å². The van der Waals surface area contributed by atoms with Crippen molar-refractivity contribution >= 4 is 5.97 Å². The molecule has 0 fully saturated rings. The Balaban J connectivity index is 3.59. The zero-order chi connectivity index (χ0) is 17.6. The highest BCUT2D eigenvalue weighted by molar-refractivity contribution is 5.77. The molecule has 0 aliphatic rings. The standard InChI is InChI=1S/C20H40O3/c1-5-6-7-8-9-10-11-12-13-14-15-16-17-20(23-4,18(2)3)19(21)22/h18H,5-17H2,1-4H3,(H,21,22). The molecule has 0 rings (SSSR count). The fourth-order valence-electron chi connectivity index (χ4n) is 3.30. The number of carboxylic acids is 1. The maximum atomic E-state index is 11.5. The Morgan fingerprint density at radius 2 is 1.26 bits per heavy atom. The van der Waals surface area contributed by atoms with Gasteiger partial charge in [-0.25, -0.2) is 4.79 Å². The normalized spacial score (nSPS) is 14.1. The van der Waals surface area contributed by atoms with Gasteiger partial charge in [-0.1, -0.05) is 91.4 Å². The summed E-state index contributed by atoms with van der Waals surface area (Å²) < 4.78 is 5.36. The fraction of sp³-hybridized carbons (Fsp3) is 0.950. The van der Waals surface area contributed by atoms with Gasteiger partial charge >= 0.3 is 5.97 Å². The van der Waals surface area contributed by atoms with Crippen LogP contribution in [0.25, 0.3) is 0 Å². The lowest BCUT2D eigenvalue weighted by molar-refractivity contribution is -0.169. The molecule has 0 aliphatic carbocycles. The average Bonchev–Trinajstić information content (AvgIpc) is 2.51. The predicted molar refractivity (Wildman–Crippen MR) is 97.9 cm³/mol. The molecular formula is C20H40O3. The number of carbonyl (C=O) groups is 1. The van der Waals surface area contributed by atoms with Gasteiger partial charge in [0.25, 0.3) is 0 Å². The number of methoxy groups -OCH3 is 1. The molecule has 0 radical (unpaired) electrons. The largest absolute Gasteiger partial charge is 0.479 e. The average molecular weight is 329 g/mol. The first kappa shape index (κ1) is 22.4. The second kappa shape index (κ2) is 13.8. The molecule has 0 saturated heterocycles. The lowest BCUT2D eigenvalue weighted by atomic mass is 9.85. The zero-order valence-corrected chi connectivity index (χ0v) is 16.0. The molecular weight excluding hydrogens is 288 g/mol. The van der Waals surface area contributed by atoms with Gasteiger partial charge in [0.05, 0.1) is 0 Å². The van der Waals surface area contributed by atoms with E-state index in [-0.39, 0.29) is 5.92 Å². The Morgan fingerprint density at radius 1 is 0.870 bits per heavy atom. The molecule has 0 aliphatic heterocycles. The van der Waals surface area contributed by atoms with E-state index in [0.29, 0.717) is 6.42 Å². The molecule has 1 atom stereocenters. The number of unbranched alkanes of at least 4 members (excludes halogenated alkanes) is 11. The van der Waals surface area contributed by atoms with E-state index in [1.807, 2.05) is 13.8 Å². The molecule has 0 aromatic rings. The van der Waals surface area contributed by atoms with Crippen molar-refractivity contribution in [3.05, 3.63) is 0 Å². The SMILES string of the molecule is CCCCCCCCCCCCCCC(OC)(C(=O)O)C(C)C. The first-order chi connectivity index (χ1) is 11.0. The quantitative estimate of drug-likeness (QED) is 0.343. The van der Waals surface area contributed by atoms with Crippen LogP contribution in [0, 0.1) is 5.92 Å². The summed E-state index contributed by atoms with van der Waals surface area (Å²) in [5, 5.41) is 9.45. The summed E-state index contributed by atoms with van der Waals surface area (Å²) >= 11 is 0. The van der Waals surface area contributed by atoms with Gasteiger partial charge in [-0.3, -0.25) is 0 Å². The molecule has 3 nitrogen and oxygen atoms in total. The lowest BCUT2D eigenvalue weighted by Crippen LogP contribution is -2.45. The van der Waals surface area contributed by atoms with E-state index in [0.717, 1.165) is 12.8 Å². The van der Waals surface area contributed by atoms with Crippen LogP contribution in [-0.2, 0) is 9.53 Å². The van der Waals surface area contributed by atoms with Gasteiger partial charge in [-0.15, -0.1) is 0 Å². The van der Waals surface area contributed by atoms with Crippen LogP contribution in [0.3, 0.4) is 0 Å². The molecule has 0 spiro atoms. The van der Waals surface area contributed by atoms with Crippen molar-refractivity contribution in [3.63, 3.8) is 0 Å². The van der Waals surface area contributed by atoms with Gasteiger partial charge in [0.15, 0.2) is 5.60 Å². The molecule has 0 bridgehead atoms. The van der Waals surface area contributed by atoms with Crippen LogP contribution < -0.4 is 0 Å². The highest BCUT2D eigenvalue weighted by Crippen LogP contribution is 2.28. The van der Waals surface area contributed by atoms with E-state index in [1.54, 1.807) is 0 Å². The van der Waals surface area contributed by atoms with Gasteiger partial charge in [-0.2, -0.15) is 0 Å². The van der Waals surface area contributed by atoms with Gasteiger partial charge in [-0.05, 0) is 18.8 Å². The second-order valence-electron chi connectivity index (χ2n) is 7.19.